The van der Waals surface area contributed by atoms with Gasteiger partial charge in [0.25, 0.3) is 5.91 Å². The Morgan fingerprint density at radius 2 is 1.95 bits per heavy atom. The second-order valence-corrected chi connectivity index (χ2v) is 4.54. The highest BCUT2D eigenvalue weighted by Crippen LogP contribution is 2.20. The van der Waals surface area contributed by atoms with E-state index in [9.17, 15) is 9.59 Å². The maximum Gasteiger partial charge on any atom is 0.323 e. The number of benzene rings is 1. The molecule has 104 valence electrons. The highest BCUT2D eigenvalue weighted by atomic mass is 35.5. The molecule has 0 aliphatic carbocycles. The number of carboxylic acids is 1. The minimum atomic E-state index is -1.10. The Labute approximate surface area is 120 Å². The zero-order chi connectivity index (χ0) is 14.7. The van der Waals surface area contributed by atoms with Crippen LogP contribution >= 0.6 is 11.6 Å². The minimum absolute atomic E-state index is 0.307. The Morgan fingerprint density at radius 1 is 1.30 bits per heavy atom. The molecule has 20 heavy (non-hydrogen) atoms. The summed E-state index contributed by atoms with van der Waals surface area (Å²) in [5, 5.41) is 13.4. The molecule has 0 aliphatic rings. The Bertz CT molecular complexity index is 637. The van der Waals surface area contributed by atoms with Crippen molar-refractivity contribution in [2.45, 2.75) is 0 Å². The van der Waals surface area contributed by atoms with Crippen LogP contribution in [0.15, 0.2) is 36.5 Å². The van der Waals surface area contributed by atoms with Gasteiger partial charge in [-0.2, -0.15) is 5.10 Å². The topological polar surface area (TPSA) is 75.4 Å². The number of anilines is 1. The molecule has 1 N–H and O–H groups in total. The van der Waals surface area contributed by atoms with Crippen LogP contribution in [-0.2, 0) is 11.8 Å². The van der Waals surface area contributed by atoms with Crippen LogP contribution in [0.4, 0.5) is 5.69 Å². The maximum atomic E-state index is 12.4. The number of hydrogen-bond acceptors (Lipinski definition) is 3. The van der Waals surface area contributed by atoms with E-state index >= 15 is 0 Å². The molecule has 0 fully saturated rings. The van der Waals surface area contributed by atoms with Crippen molar-refractivity contribution in [3.63, 3.8) is 0 Å². The third-order valence-electron chi connectivity index (χ3n) is 2.72. The summed E-state index contributed by atoms with van der Waals surface area (Å²) in [6, 6.07) is 7.93. The summed E-state index contributed by atoms with van der Waals surface area (Å²) in [6.07, 6.45) is 1.48. The van der Waals surface area contributed by atoms with E-state index in [-0.39, 0.29) is 0 Å². The van der Waals surface area contributed by atoms with Crippen LogP contribution in [0, 0.1) is 0 Å². The predicted molar refractivity (Wildman–Crippen MR) is 74.0 cm³/mol. The molecule has 1 heterocycles. The van der Waals surface area contributed by atoms with E-state index < -0.39 is 18.4 Å². The SMILES string of the molecule is Cn1nccc1C(=O)N(CC(=O)O)c1ccc(Cl)cc1. The van der Waals surface area contributed by atoms with Gasteiger partial charge in [-0.25, -0.2) is 0 Å². The van der Waals surface area contributed by atoms with Crippen molar-refractivity contribution in [1.82, 2.24) is 9.78 Å². The molecule has 2 rings (SSSR count). The van der Waals surface area contributed by atoms with Gasteiger partial charge in [0.1, 0.15) is 12.2 Å². The molecule has 0 bridgehead atoms. The molecule has 6 nitrogen and oxygen atoms in total. The first-order valence-corrected chi connectivity index (χ1v) is 6.14. The van der Waals surface area contributed by atoms with Gasteiger partial charge in [-0.05, 0) is 30.3 Å². The molecule has 0 aliphatic heterocycles. The van der Waals surface area contributed by atoms with Crippen LogP contribution in [-0.4, -0.2) is 33.3 Å². The Morgan fingerprint density at radius 3 is 2.45 bits per heavy atom. The predicted octanol–water partition coefficient (Wildman–Crippen LogP) is 1.80. The molecule has 7 heteroatoms. The summed E-state index contributed by atoms with van der Waals surface area (Å²) < 4.78 is 1.40. The van der Waals surface area contributed by atoms with E-state index in [1.54, 1.807) is 31.3 Å². The third-order valence-corrected chi connectivity index (χ3v) is 2.97. The molecule has 1 aromatic carbocycles. The quantitative estimate of drug-likeness (QED) is 0.933. The van der Waals surface area contributed by atoms with Gasteiger partial charge in [0.15, 0.2) is 0 Å². The molecule has 0 atom stereocenters. The molecule has 0 spiro atoms. The first-order valence-electron chi connectivity index (χ1n) is 5.76. The molecule has 1 aromatic heterocycles. The summed E-state index contributed by atoms with van der Waals surface area (Å²) in [6.45, 7) is -0.439. The lowest BCUT2D eigenvalue weighted by atomic mass is 10.2. The van der Waals surface area contributed by atoms with Crippen molar-refractivity contribution >= 4 is 29.2 Å². The van der Waals surface area contributed by atoms with Crippen LogP contribution in [0.1, 0.15) is 10.5 Å². The molecule has 0 radical (unpaired) electrons. The van der Waals surface area contributed by atoms with E-state index in [1.807, 2.05) is 0 Å². The van der Waals surface area contributed by atoms with E-state index in [1.165, 1.54) is 16.9 Å². The Balaban J connectivity index is 2.37. The minimum Gasteiger partial charge on any atom is -0.480 e. The number of carbonyl (C=O) groups is 2. The van der Waals surface area contributed by atoms with E-state index in [0.717, 1.165) is 4.90 Å². The number of halogens is 1. The number of nitrogens with zero attached hydrogens (tertiary/aromatic N) is 3. The lowest BCUT2D eigenvalue weighted by molar-refractivity contribution is -0.135. The van der Waals surface area contributed by atoms with Gasteiger partial charge in [-0.1, -0.05) is 11.6 Å². The molecule has 2 aromatic rings. The van der Waals surface area contributed by atoms with Crippen molar-refractivity contribution in [2.75, 3.05) is 11.4 Å². The smallest absolute Gasteiger partial charge is 0.323 e. The van der Waals surface area contributed by atoms with Gasteiger partial charge < -0.3 is 5.11 Å². The third kappa shape index (κ3) is 2.97. The highest BCUT2D eigenvalue weighted by Gasteiger charge is 2.22. The lowest BCUT2D eigenvalue weighted by Crippen LogP contribution is -2.36. The van der Waals surface area contributed by atoms with Gasteiger partial charge >= 0.3 is 5.97 Å². The van der Waals surface area contributed by atoms with Crippen molar-refractivity contribution < 1.29 is 14.7 Å². The maximum absolute atomic E-state index is 12.4. The van der Waals surface area contributed by atoms with Gasteiger partial charge in [0.2, 0.25) is 0 Å². The molecular weight excluding hydrogens is 282 g/mol. The Hall–Kier alpha value is -2.34. The van der Waals surface area contributed by atoms with Gasteiger partial charge in [0, 0.05) is 24.0 Å². The van der Waals surface area contributed by atoms with Crippen molar-refractivity contribution in [2.24, 2.45) is 7.05 Å². The van der Waals surface area contributed by atoms with Crippen molar-refractivity contribution in [3.8, 4) is 0 Å². The number of carbonyl (C=O) groups excluding carboxylic acids is 1. The average molecular weight is 294 g/mol. The standard InChI is InChI=1S/C13H12ClN3O3/c1-16-11(6-7-15-16)13(20)17(8-12(18)19)10-4-2-9(14)3-5-10/h2-7H,8H2,1H3,(H,18,19). The van der Waals surface area contributed by atoms with E-state index in [4.69, 9.17) is 16.7 Å². The molecule has 1 amide bonds. The summed E-state index contributed by atoms with van der Waals surface area (Å²) in [4.78, 5) is 24.5. The molecule has 0 unspecified atom stereocenters. The van der Waals surface area contributed by atoms with Gasteiger partial charge in [-0.15, -0.1) is 0 Å². The van der Waals surface area contributed by atoms with Crippen LogP contribution in [0.25, 0.3) is 0 Å². The Kier molecular flexibility index (Phi) is 4.05. The van der Waals surface area contributed by atoms with Crippen LogP contribution in [0.2, 0.25) is 5.02 Å². The lowest BCUT2D eigenvalue weighted by Gasteiger charge is -2.20. The van der Waals surface area contributed by atoms with Crippen LogP contribution in [0.5, 0.6) is 0 Å². The van der Waals surface area contributed by atoms with Crippen molar-refractivity contribution in [3.05, 3.63) is 47.2 Å². The number of carboxylic acid groups (broad SMARTS) is 1. The summed E-state index contributed by atoms with van der Waals surface area (Å²) in [5.74, 6) is -1.54. The van der Waals surface area contributed by atoms with E-state index in [0.29, 0.717) is 16.4 Å². The zero-order valence-electron chi connectivity index (χ0n) is 10.7. The average Bonchev–Trinajstić information content (AvgIpc) is 2.82. The molecule has 0 saturated heterocycles. The number of amides is 1. The first kappa shape index (κ1) is 14.1. The summed E-state index contributed by atoms with van der Waals surface area (Å²) >= 11 is 5.79. The highest BCUT2D eigenvalue weighted by molar-refractivity contribution is 6.30. The number of hydrogen-bond donors (Lipinski definition) is 1. The fraction of sp³-hybridized carbons (Fsp3) is 0.154. The normalized spacial score (nSPS) is 10.3. The number of aryl methyl sites for hydroxylation is 1. The van der Waals surface area contributed by atoms with Crippen molar-refractivity contribution in [1.29, 1.82) is 0 Å². The second-order valence-electron chi connectivity index (χ2n) is 4.10. The van der Waals surface area contributed by atoms with Gasteiger partial charge in [0.05, 0.1) is 0 Å². The first-order chi connectivity index (χ1) is 9.49. The van der Waals surface area contributed by atoms with E-state index in [2.05, 4.69) is 5.10 Å². The molecular formula is C13H12ClN3O3. The fourth-order valence-electron chi connectivity index (χ4n) is 1.76. The summed E-state index contributed by atoms with van der Waals surface area (Å²) in [5.41, 5.74) is 0.768. The number of aliphatic carboxylic acids is 1. The number of aromatic nitrogens is 2. The summed E-state index contributed by atoms with van der Waals surface area (Å²) in [7, 11) is 1.62. The van der Waals surface area contributed by atoms with Crippen LogP contribution < -0.4 is 4.90 Å². The van der Waals surface area contributed by atoms with Gasteiger partial charge in [-0.3, -0.25) is 19.2 Å². The monoisotopic (exact) mass is 293 g/mol. The fourth-order valence-corrected chi connectivity index (χ4v) is 1.88. The zero-order valence-corrected chi connectivity index (χ0v) is 11.4. The molecule has 0 saturated carbocycles. The largest absolute Gasteiger partial charge is 0.480 e. The van der Waals surface area contributed by atoms with Crippen LogP contribution in [0.3, 0.4) is 0 Å². The number of rotatable bonds is 4. The second kappa shape index (κ2) is 5.75.